The van der Waals surface area contributed by atoms with Crippen molar-refractivity contribution < 1.29 is 0 Å². The lowest BCUT2D eigenvalue weighted by Crippen LogP contribution is -2.32. The van der Waals surface area contributed by atoms with Crippen LogP contribution in [0.15, 0.2) is 18.2 Å². The van der Waals surface area contributed by atoms with Crippen LogP contribution in [0.4, 0.5) is 0 Å². The zero-order chi connectivity index (χ0) is 11.0. The number of thiophene rings is 1. The van der Waals surface area contributed by atoms with Gasteiger partial charge in [0.25, 0.3) is 0 Å². The van der Waals surface area contributed by atoms with Crippen LogP contribution in [-0.4, -0.2) is 6.04 Å². The summed E-state index contributed by atoms with van der Waals surface area (Å²) in [7, 11) is 0. The van der Waals surface area contributed by atoms with Crippen LogP contribution in [0, 0.1) is 0 Å². The monoisotopic (exact) mass is 253 g/mol. The van der Waals surface area contributed by atoms with Crippen molar-refractivity contribution in [2.75, 3.05) is 0 Å². The smallest absolute Gasteiger partial charge is 0.0934 e. The van der Waals surface area contributed by atoms with Gasteiger partial charge in [0.05, 0.1) is 4.34 Å². The highest BCUT2D eigenvalue weighted by atomic mass is 35.5. The molecule has 0 bridgehead atoms. The van der Waals surface area contributed by atoms with E-state index >= 15 is 0 Å². The van der Waals surface area contributed by atoms with Crippen LogP contribution in [0.1, 0.15) is 42.2 Å². The van der Waals surface area contributed by atoms with Gasteiger partial charge in [-0.1, -0.05) is 23.8 Å². The van der Waals surface area contributed by atoms with Gasteiger partial charge in [0, 0.05) is 17.0 Å². The third-order valence-electron chi connectivity index (χ3n) is 3.55. The highest BCUT2D eigenvalue weighted by molar-refractivity contribution is 7.16. The predicted octanol–water partition coefficient (Wildman–Crippen LogP) is 4.09. The minimum atomic E-state index is 0.551. The SMILES string of the molecule is Clc1cc2c(s1)CCC2NC1CC=CCC1. The normalized spacial score (nSPS) is 28.3. The van der Waals surface area contributed by atoms with Crippen molar-refractivity contribution in [3.05, 3.63) is 33.0 Å². The number of allylic oxidation sites excluding steroid dienone is 1. The lowest BCUT2D eigenvalue weighted by Gasteiger charge is -2.24. The third kappa shape index (κ3) is 2.06. The Morgan fingerprint density at radius 3 is 3.06 bits per heavy atom. The summed E-state index contributed by atoms with van der Waals surface area (Å²) in [6.45, 7) is 0. The molecule has 0 saturated carbocycles. The molecule has 0 aromatic carbocycles. The Morgan fingerprint density at radius 2 is 2.25 bits per heavy atom. The largest absolute Gasteiger partial charge is 0.307 e. The fraction of sp³-hybridized carbons (Fsp3) is 0.538. The predicted molar refractivity (Wildman–Crippen MR) is 70.3 cm³/mol. The van der Waals surface area contributed by atoms with Crippen molar-refractivity contribution in [3.8, 4) is 0 Å². The van der Waals surface area contributed by atoms with Gasteiger partial charge in [-0.25, -0.2) is 0 Å². The lowest BCUT2D eigenvalue weighted by atomic mass is 10.00. The van der Waals surface area contributed by atoms with Crippen LogP contribution in [0.25, 0.3) is 0 Å². The zero-order valence-corrected chi connectivity index (χ0v) is 10.8. The summed E-state index contributed by atoms with van der Waals surface area (Å²) in [6, 6.07) is 3.38. The van der Waals surface area contributed by atoms with Crippen LogP contribution in [0.3, 0.4) is 0 Å². The van der Waals surface area contributed by atoms with E-state index in [0.717, 1.165) is 4.34 Å². The standard InChI is InChI=1S/C13H16ClNS/c14-13-8-10-11(6-7-12(10)16-13)15-9-4-2-1-3-5-9/h1-2,8-9,11,15H,3-7H2. The Balaban J connectivity index is 1.70. The number of hydrogen-bond donors (Lipinski definition) is 1. The van der Waals surface area contributed by atoms with E-state index in [9.17, 15) is 0 Å². The fourth-order valence-electron chi connectivity index (χ4n) is 2.73. The number of halogens is 1. The molecular formula is C13H16ClNS. The van der Waals surface area contributed by atoms with E-state index in [-0.39, 0.29) is 0 Å². The maximum absolute atomic E-state index is 6.07. The molecule has 0 saturated heterocycles. The minimum Gasteiger partial charge on any atom is -0.307 e. The van der Waals surface area contributed by atoms with Gasteiger partial charge in [0.15, 0.2) is 0 Å². The van der Waals surface area contributed by atoms with Gasteiger partial charge >= 0.3 is 0 Å². The summed E-state index contributed by atoms with van der Waals surface area (Å²) >= 11 is 7.82. The van der Waals surface area contributed by atoms with Gasteiger partial charge in [-0.05, 0) is 43.7 Å². The molecule has 1 aromatic rings. The second kappa shape index (κ2) is 4.52. The van der Waals surface area contributed by atoms with E-state index in [0.29, 0.717) is 12.1 Å². The van der Waals surface area contributed by atoms with Gasteiger partial charge in [0.1, 0.15) is 0 Å². The van der Waals surface area contributed by atoms with E-state index in [1.54, 1.807) is 11.3 Å². The van der Waals surface area contributed by atoms with Gasteiger partial charge in [0.2, 0.25) is 0 Å². The van der Waals surface area contributed by atoms with Gasteiger partial charge in [-0.3, -0.25) is 0 Å². The first-order chi connectivity index (χ1) is 7.83. The maximum atomic E-state index is 6.07. The molecule has 0 amide bonds. The summed E-state index contributed by atoms with van der Waals surface area (Å²) in [5.41, 5.74) is 1.46. The van der Waals surface area contributed by atoms with Gasteiger partial charge in [-0.15, -0.1) is 11.3 Å². The van der Waals surface area contributed by atoms with Gasteiger partial charge in [-0.2, -0.15) is 0 Å². The van der Waals surface area contributed by atoms with Crippen LogP contribution < -0.4 is 5.32 Å². The molecule has 86 valence electrons. The Morgan fingerprint density at radius 1 is 1.31 bits per heavy atom. The maximum Gasteiger partial charge on any atom is 0.0934 e. The molecule has 16 heavy (non-hydrogen) atoms. The van der Waals surface area contributed by atoms with Crippen molar-refractivity contribution in [2.24, 2.45) is 0 Å². The van der Waals surface area contributed by atoms with Crippen LogP contribution in [0.2, 0.25) is 4.34 Å². The zero-order valence-electron chi connectivity index (χ0n) is 9.21. The Labute approximate surface area is 106 Å². The van der Waals surface area contributed by atoms with Crippen molar-refractivity contribution in [3.63, 3.8) is 0 Å². The first-order valence-corrected chi connectivity index (χ1v) is 7.21. The molecule has 1 nitrogen and oxygen atoms in total. The van der Waals surface area contributed by atoms with E-state index < -0.39 is 0 Å². The van der Waals surface area contributed by atoms with Crippen molar-refractivity contribution in [1.82, 2.24) is 5.32 Å². The number of hydrogen-bond acceptors (Lipinski definition) is 2. The molecule has 0 aliphatic heterocycles. The molecule has 3 heteroatoms. The quantitative estimate of drug-likeness (QED) is 0.783. The molecule has 2 atom stereocenters. The number of nitrogens with one attached hydrogen (secondary N) is 1. The summed E-state index contributed by atoms with van der Waals surface area (Å²) in [6.07, 6.45) is 10.7. The van der Waals surface area contributed by atoms with Crippen LogP contribution in [0.5, 0.6) is 0 Å². The Kier molecular flexibility index (Phi) is 3.05. The summed E-state index contributed by atoms with van der Waals surface area (Å²) < 4.78 is 0.944. The van der Waals surface area contributed by atoms with Crippen molar-refractivity contribution in [2.45, 2.75) is 44.2 Å². The number of rotatable bonds is 2. The lowest BCUT2D eigenvalue weighted by molar-refractivity contribution is 0.408. The molecule has 0 fully saturated rings. The second-order valence-electron chi connectivity index (χ2n) is 4.67. The molecule has 2 aliphatic carbocycles. The first-order valence-electron chi connectivity index (χ1n) is 6.02. The van der Waals surface area contributed by atoms with E-state index in [1.165, 1.54) is 42.5 Å². The second-order valence-corrected chi connectivity index (χ2v) is 6.44. The van der Waals surface area contributed by atoms with Crippen molar-refractivity contribution >= 4 is 22.9 Å². The molecule has 1 N–H and O–H groups in total. The molecule has 3 rings (SSSR count). The fourth-order valence-corrected chi connectivity index (χ4v) is 4.09. The van der Waals surface area contributed by atoms with Crippen molar-refractivity contribution in [1.29, 1.82) is 0 Å². The first kappa shape index (κ1) is 10.8. The molecule has 0 radical (unpaired) electrons. The van der Waals surface area contributed by atoms with E-state index in [2.05, 4.69) is 23.5 Å². The highest BCUT2D eigenvalue weighted by Crippen LogP contribution is 2.39. The molecule has 1 aromatic heterocycles. The number of aryl methyl sites for hydroxylation is 1. The highest BCUT2D eigenvalue weighted by Gasteiger charge is 2.26. The summed E-state index contributed by atoms with van der Waals surface area (Å²) in [4.78, 5) is 1.49. The Hall–Kier alpha value is -0.310. The average molecular weight is 254 g/mol. The van der Waals surface area contributed by atoms with Gasteiger partial charge < -0.3 is 5.32 Å². The number of fused-ring (bicyclic) bond motifs is 1. The van der Waals surface area contributed by atoms with Crippen LogP contribution >= 0.6 is 22.9 Å². The summed E-state index contributed by atoms with van der Waals surface area (Å²) in [5, 5.41) is 3.78. The molecule has 1 heterocycles. The molecule has 2 unspecified atom stereocenters. The van der Waals surface area contributed by atoms with E-state index in [4.69, 9.17) is 11.6 Å². The summed E-state index contributed by atoms with van der Waals surface area (Å²) in [5.74, 6) is 0. The average Bonchev–Trinajstić information content (AvgIpc) is 2.81. The minimum absolute atomic E-state index is 0.551. The molecule has 0 spiro atoms. The van der Waals surface area contributed by atoms with E-state index in [1.807, 2.05) is 0 Å². The van der Waals surface area contributed by atoms with Crippen LogP contribution in [-0.2, 0) is 6.42 Å². The molecular weight excluding hydrogens is 238 g/mol. The Bertz CT molecular complexity index is 410. The third-order valence-corrected chi connectivity index (χ3v) is 4.89. The topological polar surface area (TPSA) is 12.0 Å². The molecule has 2 aliphatic rings.